The van der Waals surface area contributed by atoms with Gasteiger partial charge in [-0.05, 0) is 48.5 Å². The zero-order chi connectivity index (χ0) is 14.2. The summed E-state index contributed by atoms with van der Waals surface area (Å²) in [5, 5.41) is 3.50. The first-order valence-electron chi connectivity index (χ1n) is 6.84. The van der Waals surface area contributed by atoms with Crippen LogP contribution in [0.5, 0.6) is 0 Å². The Kier molecular flexibility index (Phi) is 2.93. The van der Waals surface area contributed by atoms with Crippen molar-refractivity contribution in [1.29, 1.82) is 0 Å². The summed E-state index contributed by atoms with van der Waals surface area (Å²) in [6, 6.07) is 25.1. The molecule has 1 heterocycles. The van der Waals surface area contributed by atoms with E-state index in [-0.39, 0.29) is 0 Å². The lowest BCUT2D eigenvalue weighted by molar-refractivity contribution is 1.25. The molecule has 1 aliphatic rings. The Labute approximate surface area is 132 Å². The van der Waals surface area contributed by atoms with Gasteiger partial charge in [0.25, 0.3) is 0 Å². The Morgan fingerprint density at radius 1 is 0.667 bits per heavy atom. The molecule has 0 spiro atoms. The highest BCUT2D eigenvalue weighted by molar-refractivity contribution is 9.10. The summed E-state index contributed by atoms with van der Waals surface area (Å²) < 4.78 is 1.09. The van der Waals surface area contributed by atoms with E-state index in [1.165, 1.54) is 11.4 Å². The molecule has 4 rings (SSSR count). The van der Waals surface area contributed by atoms with Crippen molar-refractivity contribution in [3.63, 3.8) is 0 Å². The van der Waals surface area contributed by atoms with E-state index in [0.29, 0.717) is 0 Å². The minimum absolute atomic E-state index is 1.09. The molecule has 0 atom stereocenters. The Hall–Kier alpha value is -2.26. The lowest BCUT2D eigenvalue weighted by atomic mass is 10.1. The van der Waals surface area contributed by atoms with Gasteiger partial charge in [0, 0.05) is 10.2 Å². The number of fused-ring (bicyclic) bond motifs is 2. The topological polar surface area (TPSA) is 15.3 Å². The fourth-order valence-electron chi connectivity index (χ4n) is 2.69. The highest BCUT2D eigenvalue weighted by Gasteiger charge is 2.22. The maximum absolute atomic E-state index is 3.50. The van der Waals surface area contributed by atoms with E-state index < -0.39 is 0 Å². The van der Waals surface area contributed by atoms with Crippen LogP contribution in [0.25, 0.3) is 0 Å². The number of anilines is 5. The molecule has 0 bridgehead atoms. The van der Waals surface area contributed by atoms with Crippen molar-refractivity contribution in [1.82, 2.24) is 0 Å². The predicted molar refractivity (Wildman–Crippen MR) is 92.1 cm³/mol. The second kappa shape index (κ2) is 4.93. The molecule has 102 valence electrons. The second-order valence-electron chi connectivity index (χ2n) is 4.97. The Morgan fingerprint density at radius 3 is 1.76 bits per heavy atom. The van der Waals surface area contributed by atoms with Crippen LogP contribution in [0.4, 0.5) is 28.4 Å². The molecular weight excluding hydrogens is 324 g/mol. The number of nitrogens with zero attached hydrogens (tertiary/aromatic N) is 1. The summed E-state index contributed by atoms with van der Waals surface area (Å²) in [5.74, 6) is 0. The molecular formula is C18H13BrN2. The van der Waals surface area contributed by atoms with E-state index in [0.717, 1.165) is 21.5 Å². The van der Waals surface area contributed by atoms with Crippen LogP contribution in [0, 0.1) is 0 Å². The van der Waals surface area contributed by atoms with Crippen molar-refractivity contribution in [2.45, 2.75) is 0 Å². The number of hydrogen-bond donors (Lipinski definition) is 1. The summed E-state index contributed by atoms with van der Waals surface area (Å²) in [6.45, 7) is 0. The molecule has 0 amide bonds. The standard InChI is InChI=1S/C18H13BrN2/c19-13-9-11-14(12-10-13)21-17-7-3-1-5-15(17)20-16-6-2-4-8-18(16)21/h1-12,20H. The van der Waals surface area contributed by atoms with Crippen molar-refractivity contribution in [2.75, 3.05) is 10.2 Å². The van der Waals surface area contributed by atoms with Crippen LogP contribution in [-0.4, -0.2) is 0 Å². The molecule has 21 heavy (non-hydrogen) atoms. The van der Waals surface area contributed by atoms with E-state index in [2.05, 4.69) is 98.9 Å². The SMILES string of the molecule is Brc1ccc(N2c3ccccc3Nc3ccccc32)cc1. The molecule has 0 aliphatic carbocycles. The molecule has 1 N–H and O–H groups in total. The average Bonchev–Trinajstić information content (AvgIpc) is 2.53. The van der Waals surface area contributed by atoms with Crippen LogP contribution < -0.4 is 10.2 Å². The van der Waals surface area contributed by atoms with Crippen LogP contribution in [0.15, 0.2) is 77.3 Å². The third kappa shape index (κ3) is 2.10. The zero-order valence-corrected chi connectivity index (χ0v) is 12.8. The molecule has 0 saturated heterocycles. The van der Waals surface area contributed by atoms with Gasteiger partial charge in [0.05, 0.1) is 22.7 Å². The third-order valence-corrected chi connectivity index (χ3v) is 4.17. The molecule has 3 heteroatoms. The third-order valence-electron chi connectivity index (χ3n) is 3.64. The monoisotopic (exact) mass is 336 g/mol. The maximum atomic E-state index is 3.50. The quantitative estimate of drug-likeness (QED) is 0.460. The molecule has 0 radical (unpaired) electrons. The van der Waals surface area contributed by atoms with Crippen molar-refractivity contribution in [2.24, 2.45) is 0 Å². The number of benzene rings is 3. The Balaban J connectivity index is 1.95. The first kappa shape index (κ1) is 12.5. The van der Waals surface area contributed by atoms with Gasteiger partial charge in [-0.25, -0.2) is 0 Å². The van der Waals surface area contributed by atoms with Gasteiger partial charge in [-0.15, -0.1) is 0 Å². The van der Waals surface area contributed by atoms with E-state index in [1.54, 1.807) is 0 Å². The molecule has 0 saturated carbocycles. The highest BCUT2D eigenvalue weighted by atomic mass is 79.9. The van der Waals surface area contributed by atoms with Crippen molar-refractivity contribution in [3.05, 3.63) is 77.3 Å². The molecule has 0 aromatic heterocycles. The summed E-state index contributed by atoms with van der Waals surface area (Å²) >= 11 is 3.50. The fraction of sp³-hybridized carbons (Fsp3) is 0. The van der Waals surface area contributed by atoms with Crippen LogP contribution in [0.1, 0.15) is 0 Å². The van der Waals surface area contributed by atoms with Gasteiger partial charge in [0.1, 0.15) is 0 Å². The summed E-state index contributed by atoms with van der Waals surface area (Å²) in [5.41, 5.74) is 5.73. The van der Waals surface area contributed by atoms with Gasteiger partial charge < -0.3 is 10.2 Å². The molecule has 2 nitrogen and oxygen atoms in total. The number of hydrogen-bond acceptors (Lipinski definition) is 2. The minimum Gasteiger partial charge on any atom is -0.352 e. The smallest absolute Gasteiger partial charge is 0.0697 e. The van der Waals surface area contributed by atoms with E-state index >= 15 is 0 Å². The maximum Gasteiger partial charge on any atom is 0.0697 e. The minimum atomic E-state index is 1.09. The summed E-state index contributed by atoms with van der Waals surface area (Å²) in [4.78, 5) is 2.29. The van der Waals surface area contributed by atoms with Gasteiger partial charge in [-0.2, -0.15) is 0 Å². The number of rotatable bonds is 1. The van der Waals surface area contributed by atoms with Crippen molar-refractivity contribution >= 4 is 44.4 Å². The second-order valence-corrected chi connectivity index (χ2v) is 5.89. The van der Waals surface area contributed by atoms with Gasteiger partial charge >= 0.3 is 0 Å². The predicted octanol–water partition coefficient (Wildman–Crippen LogP) is 5.98. The Bertz CT molecular complexity index is 751. The van der Waals surface area contributed by atoms with E-state index in [9.17, 15) is 0 Å². The molecule has 0 unspecified atom stereocenters. The van der Waals surface area contributed by atoms with Crippen LogP contribution >= 0.6 is 15.9 Å². The van der Waals surface area contributed by atoms with Gasteiger partial charge in [0.15, 0.2) is 0 Å². The van der Waals surface area contributed by atoms with Gasteiger partial charge in [-0.3, -0.25) is 0 Å². The highest BCUT2D eigenvalue weighted by Crippen LogP contribution is 2.47. The fourth-order valence-corrected chi connectivity index (χ4v) is 2.96. The normalized spacial score (nSPS) is 12.3. The van der Waals surface area contributed by atoms with Crippen molar-refractivity contribution < 1.29 is 0 Å². The van der Waals surface area contributed by atoms with Crippen molar-refractivity contribution in [3.8, 4) is 0 Å². The molecule has 0 fully saturated rings. The average molecular weight is 337 g/mol. The molecule has 3 aromatic carbocycles. The number of para-hydroxylation sites is 4. The van der Waals surface area contributed by atoms with Gasteiger partial charge in [0.2, 0.25) is 0 Å². The zero-order valence-electron chi connectivity index (χ0n) is 11.3. The van der Waals surface area contributed by atoms with E-state index in [4.69, 9.17) is 0 Å². The van der Waals surface area contributed by atoms with Crippen LogP contribution in [0.3, 0.4) is 0 Å². The lowest BCUT2D eigenvalue weighted by Crippen LogP contribution is -2.17. The Morgan fingerprint density at radius 2 is 1.19 bits per heavy atom. The molecule has 1 aliphatic heterocycles. The first-order chi connectivity index (χ1) is 10.3. The summed E-state index contributed by atoms with van der Waals surface area (Å²) in [6.07, 6.45) is 0. The largest absolute Gasteiger partial charge is 0.352 e. The van der Waals surface area contributed by atoms with Crippen LogP contribution in [-0.2, 0) is 0 Å². The summed E-state index contributed by atoms with van der Waals surface area (Å²) in [7, 11) is 0. The lowest BCUT2D eigenvalue weighted by Gasteiger charge is -2.33. The first-order valence-corrected chi connectivity index (χ1v) is 7.63. The van der Waals surface area contributed by atoms with Crippen LogP contribution in [0.2, 0.25) is 0 Å². The number of nitrogens with one attached hydrogen (secondary N) is 1. The van der Waals surface area contributed by atoms with E-state index in [1.807, 2.05) is 0 Å². The van der Waals surface area contributed by atoms with Gasteiger partial charge in [-0.1, -0.05) is 40.2 Å². The number of halogens is 1. The molecule has 3 aromatic rings.